The number of halogens is 1. The van der Waals surface area contributed by atoms with E-state index in [0.29, 0.717) is 18.4 Å². The molecule has 0 aromatic rings. The van der Waals surface area contributed by atoms with Crippen molar-refractivity contribution in [2.24, 2.45) is 0 Å². The van der Waals surface area contributed by atoms with Crippen LogP contribution < -0.4 is 5.32 Å². The lowest BCUT2D eigenvalue weighted by Gasteiger charge is -2.25. The third-order valence-electron chi connectivity index (χ3n) is 1.87. The molecule has 6 heteroatoms. The maximum Gasteiger partial charge on any atom is 0.417 e. The van der Waals surface area contributed by atoms with Gasteiger partial charge in [-0.25, -0.2) is 4.79 Å². The fourth-order valence-corrected chi connectivity index (χ4v) is 1.46. The van der Waals surface area contributed by atoms with Crippen LogP contribution in [0.1, 0.15) is 6.42 Å². The molecule has 0 unspecified atom stereocenters. The second-order valence-corrected chi connectivity index (χ2v) is 3.71. The molecule has 0 aliphatic carbocycles. The van der Waals surface area contributed by atoms with E-state index in [0.717, 1.165) is 13.1 Å². The molecule has 1 amide bonds. The molecule has 0 aromatic carbocycles. The highest BCUT2D eigenvalue weighted by atomic mass is 79.9. The molecule has 1 N–H and O–H groups in total. The first-order valence-corrected chi connectivity index (χ1v) is 5.62. The Labute approximate surface area is 90.9 Å². The number of nitrogens with zero attached hydrogens (tertiary/aromatic N) is 1. The predicted octanol–water partition coefficient (Wildman–Crippen LogP) is 0.340. The van der Waals surface area contributed by atoms with Crippen LogP contribution in [0.4, 0.5) is 4.79 Å². The number of esters is 1. The molecule has 0 radical (unpaired) electrons. The first-order chi connectivity index (χ1) is 6.74. The summed E-state index contributed by atoms with van der Waals surface area (Å²) >= 11 is 3.10. The number of carbonyl (C=O) groups excluding carboxylic acids is 2. The zero-order valence-electron chi connectivity index (χ0n) is 7.79. The van der Waals surface area contributed by atoms with Gasteiger partial charge in [0.15, 0.2) is 0 Å². The predicted molar refractivity (Wildman–Crippen MR) is 54.3 cm³/mol. The van der Waals surface area contributed by atoms with E-state index < -0.39 is 12.1 Å². The minimum atomic E-state index is -0.530. The SMILES string of the molecule is O=C(CCBr)OC(=O)N1CCNCC1. The van der Waals surface area contributed by atoms with Gasteiger partial charge < -0.3 is 15.0 Å². The maximum absolute atomic E-state index is 11.3. The van der Waals surface area contributed by atoms with Crippen molar-refractivity contribution in [2.75, 3.05) is 31.5 Å². The van der Waals surface area contributed by atoms with Crippen LogP contribution in [-0.2, 0) is 9.53 Å². The summed E-state index contributed by atoms with van der Waals surface area (Å²) in [6, 6.07) is 0. The summed E-state index contributed by atoms with van der Waals surface area (Å²) in [4.78, 5) is 23.8. The van der Waals surface area contributed by atoms with Gasteiger partial charge in [-0.3, -0.25) is 4.79 Å². The Kier molecular flexibility index (Phi) is 4.89. The number of carbonyl (C=O) groups is 2. The zero-order chi connectivity index (χ0) is 10.4. The summed E-state index contributed by atoms with van der Waals surface area (Å²) < 4.78 is 4.62. The maximum atomic E-state index is 11.3. The van der Waals surface area contributed by atoms with Crippen molar-refractivity contribution in [3.8, 4) is 0 Å². The van der Waals surface area contributed by atoms with E-state index in [4.69, 9.17) is 0 Å². The van der Waals surface area contributed by atoms with Crippen molar-refractivity contribution in [2.45, 2.75) is 6.42 Å². The molecule has 80 valence electrons. The molecule has 1 heterocycles. The number of hydrogen-bond donors (Lipinski definition) is 1. The second-order valence-electron chi connectivity index (χ2n) is 2.92. The molecule has 0 atom stereocenters. The third-order valence-corrected chi connectivity index (χ3v) is 2.27. The van der Waals surface area contributed by atoms with Crippen molar-refractivity contribution in [1.82, 2.24) is 10.2 Å². The average molecular weight is 265 g/mol. The van der Waals surface area contributed by atoms with Gasteiger partial charge in [0, 0.05) is 31.5 Å². The molecule has 1 fully saturated rings. The topological polar surface area (TPSA) is 58.6 Å². The van der Waals surface area contributed by atoms with E-state index in [1.807, 2.05) is 0 Å². The van der Waals surface area contributed by atoms with Crippen molar-refractivity contribution in [3.63, 3.8) is 0 Å². The highest BCUT2D eigenvalue weighted by Gasteiger charge is 2.19. The average Bonchev–Trinajstić information content (AvgIpc) is 2.19. The van der Waals surface area contributed by atoms with Gasteiger partial charge >= 0.3 is 12.1 Å². The molecule has 0 saturated carbocycles. The number of piperazine rings is 1. The van der Waals surface area contributed by atoms with Gasteiger partial charge in [-0.1, -0.05) is 15.9 Å². The number of rotatable bonds is 2. The fourth-order valence-electron chi connectivity index (χ4n) is 1.14. The van der Waals surface area contributed by atoms with E-state index in [2.05, 4.69) is 26.0 Å². The van der Waals surface area contributed by atoms with Crippen LogP contribution in [-0.4, -0.2) is 48.5 Å². The Morgan fingerprint density at radius 2 is 2.00 bits per heavy atom. The van der Waals surface area contributed by atoms with Gasteiger partial charge in [-0.15, -0.1) is 0 Å². The Balaban J connectivity index is 2.29. The van der Waals surface area contributed by atoms with Crippen molar-refractivity contribution >= 4 is 28.0 Å². The van der Waals surface area contributed by atoms with Gasteiger partial charge in [0.2, 0.25) is 0 Å². The van der Waals surface area contributed by atoms with Crippen LogP contribution in [0.15, 0.2) is 0 Å². The molecular weight excluding hydrogens is 252 g/mol. The highest BCUT2D eigenvalue weighted by molar-refractivity contribution is 9.09. The van der Waals surface area contributed by atoms with Crippen LogP contribution in [0, 0.1) is 0 Å². The molecule has 0 aromatic heterocycles. The molecular formula is C8H13BrN2O3. The zero-order valence-corrected chi connectivity index (χ0v) is 9.38. The van der Waals surface area contributed by atoms with Gasteiger partial charge in [0.25, 0.3) is 0 Å². The van der Waals surface area contributed by atoms with E-state index in [1.165, 1.54) is 4.90 Å². The quantitative estimate of drug-likeness (QED) is 0.444. The smallest absolute Gasteiger partial charge is 0.376 e. The number of amides is 1. The van der Waals surface area contributed by atoms with E-state index in [9.17, 15) is 9.59 Å². The summed E-state index contributed by atoms with van der Waals surface area (Å²) in [5.41, 5.74) is 0. The lowest BCUT2D eigenvalue weighted by Crippen LogP contribution is -2.47. The first kappa shape index (κ1) is 11.5. The van der Waals surface area contributed by atoms with Gasteiger partial charge in [-0.05, 0) is 0 Å². The lowest BCUT2D eigenvalue weighted by molar-refractivity contribution is -0.137. The molecule has 1 saturated heterocycles. The molecule has 0 bridgehead atoms. The lowest BCUT2D eigenvalue weighted by atomic mass is 10.4. The summed E-state index contributed by atoms with van der Waals surface area (Å²) in [6.07, 6.45) is -0.310. The number of alkyl halides is 1. The molecule has 1 aliphatic rings. The van der Waals surface area contributed by atoms with E-state index in [1.54, 1.807) is 0 Å². The van der Waals surface area contributed by atoms with Crippen molar-refractivity contribution in [1.29, 1.82) is 0 Å². The number of nitrogens with one attached hydrogen (secondary N) is 1. The van der Waals surface area contributed by atoms with Gasteiger partial charge in [-0.2, -0.15) is 0 Å². The summed E-state index contributed by atoms with van der Waals surface area (Å²) in [7, 11) is 0. The monoisotopic (exact) mass is 264 g/mol. The van der Waals surface area contributed by atoms with E-state index in [-0.39, 0.29) is 6.42 Å². The van der Waals surface area contributed by atoms with Crippen LogP contribution in [0.2, 0.25) is 0 Å². The van der Waals surface area contributed by atoms with Crippen LogP contribution in [0.3, 0.4) is 0 Å². The Hall–Kier alpha value is -0.620. The standard InChI is InChI=1S/C8H13BrN2O3/c9-2-1-7(12)14-8(13)11-5-3-10-4-6-11/h10H,1-6H2. The summed E-state index contributed by atoms with van der Waals surface area (Å²) in [5.74, 6) is -0.481. The van der Waals surface area contributed by atoms with E-state index >= 15 is 0 Å². The minimum absolute atomic E-state index is 0.220. The van der Waals surface area contributed by atoms with Crippen molar-refractivity contribution in [3.05, 3.63) is 0 Å². The van der Waals surface area contributed by atoms with Crippen LogP contribution in [0.25, 0.3) is 0 Å². The summed E-state index contributed by atoms with van der Waals surface area (Å²) in [6.45, 7) is 2.70. The Morgan fingerprint density at radius 3 is 2.57 bits per heavy atom. The minimum Gasteiger partial charge on any atom is -0.376 e. The van der Waals surface area contributed by atoms with Crippen LogP contribution in [0.5, 0.6) is 0 Å². The number of ether oxygens (including phenoxy) is 1. The number of hydrogen-bond acceptors (Lipinski definition) is 4. The second kappa shape index (κ2) is 5.98. The fraction of sp³-hybridized carbons (Fsp3) is 0.750. The molecule has 5 nitrogen and oxygen atoms in total. The molecule has 14 heavy (non-hydrogen) atoms. The normalized spacial score (nSPS) is 16.5. The van der Waals surface area contributed by atoms with Crippen LogP contribution >= 0.6 is 15.9 Å². The first-order valence-electron chi connectivity index (χ1n) is 4.50. The summed E-state index contributed by atoms with van der Waals surface area (Å²) in [5, 5.41) is 3.62. The molecule has 1 rings (SSSR count). The van der Waals surface area contributed by atoms with Gasteiger partial charge in [0.05, 0.1) is 6.42 Å². The third kappa shape index (κ3) is 3.63. The largest absolute Gasteiger partial charge is 0.417 e. The molecule has 0 spiro atoms. The molecule has 1 aliphatic heterocycles. The highest BCUT2D eigenvalue weighted by Crippen LogP contribution is 1.99. The van der Waals surface area contributed by atoms with Crippen molar-refractivity contribution < 1.29 is 14.3 Å². The van der Waals surface area contributed by atoms with Gasteiger partial charge in [0.1, 0.15) is 0 Å². The Morgan fingerprint density at radius 1 is 1.36 bits per heavy atom. The Bertz CT molecular complexity index is 217.